The van der Waals surface area contributed by atoms with E-state index in [-0.39, 0.29) is 29.1 Å². The van der Waals surface area contributed by atoms with E-state index in [4.69, 9.17) is 4.74 Å². The molecule has 2 amide bonds. The summed E-state index contributed by atoms with van der Waals surface area (Å²) in [7, 11) is -1.95. The van der Waals surface area contributed by atoms with Gasteiger partial charge in [0.15, 0.2) is 9.84 Å². The fraction of sp³-hybridized carbons (Fsp3) is 0.500. The van der Waals surface area contributed by atoms with Crippen molar-refractivity contribution in [2.75, 3.05) is 13.4 Å². The molecule has 1 aromatic carbocycles. The molecule has 0 unspecified atom stereocenters. The number of amides is 2. The molecule has 2 fully saturated rings. The van der Waals surface area contributed by atoms with Gasteiger partial charge in [0, 0.05) is 18.3 Å². The molecule has 0 spiro atoms. The molecule has 2 aliphatic heterocycles. The summed E-state index contributed by atoms with van der Waals surface area (Å²) in [6.45, 7) is 0. The van der Waals surface area contributed by atoms with Gasteiger partial charge in [0.05, 0.1) is 23.6 Å². The highest BCUT2D eigenvalue weighted by Gasteiger charge is 2.47. The van der Waals surface area contributed by atoms with E-state index in [0.717, 1.165) is 36.8 Å². The number of fused-ring (bicyclic) bond motifs is 2. The molecule has 28 heavy (non-hydrogen) atoms. The van der Waals surface area contributed by atoms with Crippen LogP contribution in [-0.2, 0) is 19.4 Å². The van der Waals surface area contributed by atoms with E-state index in [2.05, 4.69) is 5.32 Å². The van der Waals surface area contributed by atoms with Crippen LogP contribution in [0, 0.1) is 0 Å². The van der Waals surface area contributed by atoms with Crippen LogP contribution in [0.25, 0.3) is 5.57 Å². The van der Waals surface area contributed by atoms with Gasteiger partial charge in [-0.2, -0.15) is 0 Å². The largest absolute Gasteiger partial charge is 0.466 e. The molecule has 0 radical (unpaired) electrons. The Balaban J connectivity index is 1.72. The van der Waals surface area contributed by atoms with E-state index in [9.17, 15) is 18.0 Å². The minimum Gasteiger partial charge on any atom is -0.466 e. The van der Waals surface area contributed by atoms with Crippen molar-refractivity contribution in [3.63, 3.8) is 0 Å². The average molecular weight is 404 g/mol. The summed E-state index contributed by atoms with van der Waals surface area (Å²) in [5, 5.41) is 3.03. The zero-order valence-corrected chi connectivity index (χ0v) is 16.8. The number of hydrogen-bond acceptors (Lipinski definition) is 5. The van der Waals surface area contributed by atoms with Crippen LogP contribution in [0.5, 0.6) is 0 Å². The summed E-state index contributed by atoms with van der Waals surface area (Å²) in [6, 6.07) is 6.44. The minimum atomic E-state index is -3.29. The molecule has 150 valence electrons. The van der Waals surface area contributed by atoms with Gasteiger partial charge in [-0.1, -0.05) is 12.1 Å². The maximum absolute atomic E-state index is 12.7. The molecule has 1 N–H and O–H groups in total. The highest BCUT2D eigenvalue weighted by Crippen LogP contribution is 2.43. The third-order valence-corrected chi connectivity index (χ3v) is 6.90. The van der Waals surface area contributed by atoms with Crippen LogP contribution in [0.1, 0.15) is 37.7 Å². The van der Waals surface area contributed by atoms with E-state index in [0.29, 0.717) is 12.0 Å². The first-order valence-corrected chi connectivity index (χ1v) is 11.4. The summed E-state index contributed by atoms with van der Waals surface area (Å²) < 4.78 is 28.5. The molecule has 0 aromatic heterocycles. The number of carbonyl (C=O) groups excluding carboxylic acids is 2. The number of esters is 1. The topological polar surface area (TPSA) is 92.8 Å². The number of nitrogens with one attached hydrogen (secondary N) is 1. The third kappa shape index (κ3) is 3.41. The van der Waals surface area contributed by atoms with Crippen LogP contribution < -0.4 is 5.32 Å². The number of rotatable bonds is 4. The number of methoxy groups -OCH3 is 1. The fourth-order valence-electron chi connectivity index (χ4n) is 4.24. The summed E-state index contributed by atoms with van der Waals surface area (Å²) in [4.78, 5) is 27.4. The predicted molar refractivity (Wildman–Crippen MR) is 103 cm³/mol. The zero-order valence-electron chi connectivity index (χ0n) is 16.0. The van der Waals surface area contributed by atoms with Crippen LogP contribution in [0.3, 0.4) is 0 Å². The molecule has 3 aliphatic rings. The molecule has 1 aromatic rings. The van der Waals surface area contributed by atoms with Gasteiger partial charge in [0.2, 0.25) is 0 Å². The van der Waals surface area contributed by atoms with Crippen molar-refractivity contribution in [1.82, 2.24) is 10.2 Å². The second-order valence-electron chi connectivity index (χ2n) is 7.76. The van der Waals surface area contributed by atoms with Crippen molar-refractivity contribution in [2.45, 2.75) is 55.1 Å². The maximum Gasteiger partial charge on any atom is 0.336 e. The third-order valence-electron chi connectivity index (χ3n) is 5.78. The van der Waals surface area contributed by atoms with Gasteiger partial charge in [-0.05, 0) is 55.4 Å². The van der Waals surface area contributed by atoms with Gasteiger partial charge in [0.1, 0.15) is 0 Å². The molecule has 2 bridgehead atoms. The number of hydrogen-bond donors (Lipinski definition) is 1. The van der Waals surface area contributed by atoms with Gasteiger partial charge in [-0.25, -0.2) is 18.0 Å². The van der Waals surface area contributed by atoms with Crippen molar-refractivity contribution in [3.8, 4) is 0 Å². The first kappa shape index (κ1) is 19.0. The van der Waals surface area contributed by atoms with Crippen LogP contribution in [0.15, 0.2) is 34.7 Å². The van der Waals surface area contributed by atoms with Gasteiger partial charge in [-0.3, -0.25) is 0 Å². The van der Waals surface area contributed by atoms with E-state index >= 15 is 0 Å². The summed E-state index contributed by atoms with van der Waals surface area (Å²) in [5.74, 6) is -0.434. The Bertz CT molecular complexity index is 947. The Labute approximate surface area is 164 Å². The molecule has 1 aliphatic carbocycles. The highest BCUT2D eigenvalue weighted by molar-refractivity contribution is 7.90. The fourth-order valence-corrected chi connectivity index (χ4v) is 4.87. The van der Waals surface area contributed by atoms with Gasteiger partial charge in [-0.15, -0.1) is 0 Å². The normalized spacial score (nSPS) is 24.3. The lowest BCUT2D eigenvalue weighted by atomic mass is 9.88. The quantitative estimate of drug-likeness (QED) is 0.776. The lowest BCUT2D eigenvalue weighted by molar-refractivity contribution is -0.136. The van der Waals surface area contributed by atoms with E-state index in [1.807, 2.05) is 0 Å². The highest BCUT2D eigenvalue weighted by atomic mass is 32.2. The van der Waals surface area contributed by atoms with Crippen molar-refractivity contribution in [2.24, 2.45) is 0 Å². The zero-order chi connectivity index (χ0) is 20.1. The van der Waals surface area contributed by atoms with Gasteiger partial charge in [0.25, 0.3) is 0 Å². The van der Waals surface area contributed by atoms with E-state index in [1.54, 1.807) is 29.2 Å². The molecule has 1 saturated carbocycles. The average Bonchev–Trinajstić information content (AvgIpc) is 3.42. The van der Waals surface area contributed by atoms with Gasteiger partial charge < -0.3 is 15.0 Å². The summed E-state index contributed by atoms with van der Waals surface area (Å²) in [5.41, 5.74) is 2.15. The first-order valence-electron chi connectivity index (χ1n) is 9.50. The maximum atomic E-state index is 12.7. The molecule has 8 heteroatoms. The molecular formula is C20H24N2O5S. The van der Waals surface area contributed by atoms with Crippen molar-refractivity contribution < 1.29 is 22.7 Å². The monoisotopic (exact) mass is 404 g/mol. The number of urea groups is 1. The molecular weight excluding hydrogens is 380 g/mol. The molecule has 1 saturated heterocycles. The predicted octanol–water partition coefficient (Wildman–Crippen LogP) is 2.13. The smallest absolute Gasteiger partial charge is 0.336 e. The van der Waals surface area contributed by atoms with Crippen molar-refractivity contribution >= 4 is 27.4 Å². The molecule has 7 nitrogen and oxygen atoms in total. The number of carbonyl (C=O) groups is 2. The molecule has 2 heterocycles. The number of ether oxygens (including phenoxy) is 1. The second kappa shape index (κ2) is 6.92. The van der Waals surface area contributed by atoms with Crippen LogP contribution >= 0.6 is 0 Å². The molecule has 4 rings (SSSR count). The number of sulfone groups is 1. The van der Waals surface area contributed by atoms with Crippen LogP contribution in [0.4, 0.5) is 4.79 Å². The van der Waals surface area contributed by atoms with Gasteiger partial charge >= 0.3 is 12.0 Å². The first-order chi connectivity index (χ1) is 13.3. The summed E-state index contributed by atoms with van der Waals surface area (Å²) in [6.07, 6.45) is 5.28. The molecule has 2 atom stereocenters. The Morgan fingerprint density at radius 1 is 1.11 bits per heavy atom. The standard InChI is InChI=1S/C20H24N2O5S/c1-27-19(23)18-16(12-3-8-15(9-4-12)28(2,25)26)11-14-7-10-17(18)22(14)20(24)21-13-5-6-13/h3-4,8-9,13-14,17H,5-7,10-11H2,1-2H3,(H,21,24)/t14-,17+/m0/s1. The van der Waals surface area contributed by atoms with Crippen molar-refractivity contribution in [3.05, 3.63) is 35.4 Å². The Morgan fingerprint density at radius 2 is 1.79 bits per heavy atom. The summed E-state index contributed by atoms with van der Waals surface area (Å²) >= 11 is 0. The Morgan fingerprint density at radius 3 is 2.36 bits per heavy atom. The lowest BCUT2D eigenvalue weighted by Crippen LogP contribution is -2.51. The minimum absolute atomic E-state index is 0.0294. The number of benzene rings is 1. The van der Waals surface area contributed by atoms with Crippen molar-refractivity contribution in [1.29, 1.82) is 0 Å². The Hall–Kier alpha value is -2.35. The van der Waals surface area contributed by atoms with Crippen LogP contribution in [0.2, 0.25) is 0 Å². The number of nitrogens with zero attached hydrogens (tertiary/aromatic N) is 1. The SMILES string of the molecule is COC(=O)C1=C(c2ccc(S(C)(=O)=O)cc2)C[C@@H]2CC[C@H]1N2C(=O)NC1CC1. The van der Waals surface area contributed by atoms with E-state index < -0.39 is 15.8 Å². The van der Waals surface area contributed by atoms with E-state index in [1.165, 1.54) is 13.4 Å². The van der Waals surface area contributed by atoms with Crippen LogP contribution in [-0.4, -0.2) is 56.8 Å². The lowest BCUT2D eigenvalue weighted by Gasteiger charge is -2.37. The second-order valence-corrected chi connectivity index (χ2v) is 9.78. The Kier molecular flexibility index (Phi) is 4.69.